The monoisotopic (exact) mass is 338 g/mol. The van der Waals surface area contributed by atoms with Crippen LogP contribution in [0, 0.1) is 5.92 Å². The van der Waals surface area contributed by atoms with E-state index >= 15 is 0 Å². The molecule has 2 rings (SSSR count). The Morgan fingerprint density at radius 3 is 2.56 bits per heavy atom. The number of nitrogens with one attached hydrogen (secondary N) is 2. The maximum Gasteiger partial charge on any atom is 0.272 e. The SMILES string of the molecule is CC(C)C=CNC(=O)C(Cc1ccccc1)NC(=O)c1cnccn1. The second-order valence-electron chi connectivity index (χ2n) is 5.92. The highest BCUT2D eigenvalue weighted by Crippen LogP contribution is 2.05. The topological polar surface area (TPSA) is 84.0 Å². The van der Waals surface area contributed by atoms with E-state index in [0.717, 1.165) is 5.56 Å². The third-order valence-electron chi connectivity index (χ3n) is 3.41. The first-order valence-corrected chi connectivity index (χ1v) is 8.14. The van der Waals surface area contributed by atoms with Gasteiger partial charge in [-0.1, -0.05) is 50.3 Å². The molecule has 0 saturated heterocycles. The number of aromatic nitrogens is 2. The summed E-state index contributed by atoms with van der Waals surface area (Å²) in [6, 6.07) is 8.81. The molecule has 0 radical (unpaired) electrons. The van der Waals surface area contributed by atoms with E-state index in [0.29, 0.717) is 12.3 Å². The number of allylic oxidation sites excluding steroid dienone is 1. The van der Waals surface area contributed by atoms with Crippen LogP contribution in [0.1, 0.15) is 29.9 Å². The fraction of sp³-hybridized carbons (Fsp3) is 0.263. The van der Waals surface area contributed by atoms with Gasteiger partial charge in [-0.25, -0.2) is 4.98 Å². The van der Waals surface area contributed by atoms with Crippen molar-refractivity contribution in [2.24, 2.45) is 5.92 Å². The van der Waals surface area contributed by atoms with Crippen molar-refractivity contribution in [1.29, 1.82) is 0 Å². The van der Waals surface area contributed by atoms with Crippen LogP contribution < -0.4 is 10.6 Å². The lowest BCUT2D eigenvalue weighted by molar-refractivity contribution is -0.122. The average molecular weight is 338 g/mol. The molecule has 0 aliphatic carbocycles. The van der Waals surface area contributed by atoms with Gasteiger partial charge in [-0.2, -0.15) is 0 Å². The van der Waals surface area contributed by atoms with E-state index in [1.54, 1.807) is 6.20 Å². The Morgan fingerprint density at radius 1 is 1.16 bits per heavy atom. The summed E-state index contributed by atoms with van der Waals surface area (Å²) in [5.74, 6) is -0.392. The summed E-state index contributed by atoms with van der Waals surface area (Å²) in [5.41, 5.74) is 1.13. The fourth-order valence-electron chi connectivity index (χ4n) is 2.13. The Labute approximate surface area is 147 Å². The summed E-state index contributed by atoms with van der Waals surface area (Å²) < 4.78 is 0. The lowest BCUT2D eigenvalue weighted by Gasteiger charge is -2.17. The molecule has 2 aromatic rings. The van der Waals surface area contributed by atoms with Crippen LogP contribution in [0.4, 0.5) is 0 Å². The molecular weight excluding hydrogens is 316 g/mol. The van der Waals surface area contributed by atoms with Gasteiger partial charge in [-0.15, -0.1) is 0 Å². The molecule has 2 N–H and O–H groups in total. The van der Waals surface area contributed by atoms with Gasteiger partial charge in [0.15, 0.2) is 0 Å². The average Bonchev–Trinajstić information content (AvgIpc) is 2.62. The highest BCUT2D eigenvalue weighted by molar-refractivity contribution is 5.96. The summed E-state index contributed by atoms with van der Waals surface area (Å²) in [6.07, 6.45) is 8.16. The minimum absolute atomic E-state index is 0.172. The van der Waals surface area contributed by atoms with Gasteiger partial charge >= 0.3 is 0 Å². The zero-order valence-corrected chi connectivity index (χ0v) is 14.3. The van der Waals surface area contributed by atoms with E-state index in [9.17, 15) is 9.59 Å². The van der Waals surface area contributed by atoms with E-state index in [1.165, 1.54) is 18.6 Å². The Kier molecular flexibility index (Phi) is 6.83. The zero-order chi connectivity index (χ0) is 18.1. The lowest BCUT2D eigenvalue weighted by atomic mass is 10.1. The third-order valence-corrected chi connectivity index (χ3v) is 3.41. The predicted molar refractivity (Wildman–Crippen MR) is 95.6 cm³/mol. The lowest BCUT2D eigenvalue weighted by Crippen LogP contribution is -2.47. The molecule has 1 heterocycles. The highest BCUT2D eigenvalue weighted by Gasteiger charge is 2.21. The van der Waals surface area contributed by atoms with Crippen LogP contribution in [0.25, 0.3) is 0 Å². The summed E-state index contributed by atoms with van der Waals surface area (Å²) in [7, 11) is 0. The van der Waals surface area contributed by atoms with Gasteiger partial charge in [-0.05, 0) is 11.5 Å². The number of hydrogen-bond acceptors (Lipinski definition) is 4. The molecule has 6 nitrogen and oxygen atoms in total. The van der Waals surface area contributed by atoms with E-state index in [1.807, 2.05) is 50.3 Å². The van der Waals surface area contributed by atoms with Crippen LogP contribution >= 0.6 is 0 Å². The Bertz CT molecular complexity index is 715. The van der Waals surface area contributed by atoms with Crippen LogP contribution in [-0.4, -0.2) is 27.8 Å². The Balaban J connectivity index is 2.10. The molecule has 0 saturated carbocycles. The summed E-state index contributed by atoms with van der Waals surface area (Å²) in [6.45, 7) is 4.03. The number of benzene rings is 1. The van der Waals surface area contributed by atoms with E-state index in [-0.39, 0.29) is 11.6 Å². The van der Waals surface area contributed by atoms with E-state index < -0.39 is 11.9 Å². The molecular formula is C19H22N4O2. The van der Waals surface area contributed by atoms with Crippen molar-refractivity contribution in [1.82, 2.24) is 20.6 Å². The second-order valence-corrected chi connectivity index (χ2v) is 5.92. The third kappa shape index (κ3) is 6.18. The molecule has 0 aliphatic heterocycles. The maximum atomic E-state index is 12.5. The minimum atomic E-state index is -0.714. The number of carbonyl (C=O) groups is 2. The van der Waals surface area contributed by atoms with E-state index in [4.69, 9.17) is 0 Å². The largest absolute Gasteiger partial charge is 0.338 e. The van der Waals surface area contributed by atoms with Crippen LogP contribution in [-0.2, 0) is 11.2 Å². The number of nitrogens with zero attached hydrogens (tertiary/aromatic N) is 2. The molecule has 25 heavy (non-hydrogen) atoms. The zero-order valence-electron chi connectivity index (χ0n) is 14.3. The maximum absolute atomic E-state index is 12.5. The van der Waals surface area contributed by atoms with Crippen molar-refractivity contribution in [2.45, 2.75) is 26.3 Å². The highest BCUT2D eigenvalue weighted by atomic mass is 16.2. The Hall–Kier alpha value is -3.02. The first-order valence-electron chi connectivity index (χ1n) is 8.14. The summed E-state index contributed by atoms with van der Waals surface area (Å²) in [5, 5.41) is 5.45. The van der Waals surface area contributed by atoms with Gasteiger partial charge in [0.25, 0.3) is 5.91 Å². The van der Waals surface area contributed by atoms with Gasteiger partial charge in [0.05, 0.1) is 6.20 Å². The van der Waals surface area contributed by atoms with Gasteiger partial charge in [-0.3, -0.25) is 14.6 Å². The first-order chi connectivity index (χ1) is 12.1. The molecule has 1 aromatic heterocycles. The first kappa shape index (κ1) is 18.3. The van der Waals surface area contributed by atoms with Gasteiger partial charge in [0.2, 0.25) is 5.91 Å². The number of rotatable bonds is 7. The van der Waals surface area contributed by atoms with Gasteiger partial charge in [0, 0.05) is 25.0 Å². The number of amides is 2. The van der Waals surface area contributed by atoms with E-state index in [2.05, 4.69) is 20.6 Å². The van der Waals surface area contributed by atoms with Crippen molar-refractivity contribution >= 4 is 11.8 Å². The smallest absolute Gasteiger partial charge is 0.272 e. The van der Waals surface area contributed by atoms with Crippen LogP contribution in [0.3, 0.4) is 0 Å². The van der Waals surface area contributed by atoms with Crippen molar-refractivity contribution in [3.8, 4) is 0 Å². The molecule has 1 atom stereocenters. The number of hydrogen-bond donors (Lipinski definition) is 2. The van der Waals surface area contributed by atoms with Crippen LogP contribution in [0.5, 0.6) is 0 Å². The van der Waals surface area contributed by atoms with Crippen molar-refractivity contribution in [2.75, 3.05) is 0 Å². The summed E-state index contributed by atoms with van der Waals surface area (Å²) >= 11 is 0. The fourth-order valence-corrected chi connectivity index (χ4v) is 2.13. The number of carbonyl (C=O) groups excluding carboxylic acids is 2. The molecule has 0 fully saturated rings. The Morgan fingerprint density at radius 2 is 1.92 bits per heavy atom. The van der Waals surface area contributed by atoms with Gasteiger partial charge < -0.3 is 10.6 Å². The molecule has 0 bridgehead atoms. The normalized spacial score (nSPS) is 12.1. The minimum Gasteiger partial charge on any atom is -0.338 e. The van der Waals surface area contributed by atoms with Crippen molar-refractivity contribution in [3.05, 3.63) is 72.5 Å². The predicted octanol–water partition coefficient (Wildman–Crippen LogP) is 2.10. The molecule has 0 spiro atoms. The van der Waals surface area contributed by atoms with Crippen LogP contribution in [0.2, 0.25) is 0 Å². The molecule has 130 valence electrons. The summed E-state index contributed by atoms with van der Waals surface area (Å²) in [4.78, 5) is 32.6. The van der Waals surface area contributed by atoms with Crippen LogP contribution in [0.15, 0.2) is 61.2 Å². The standard InChI is InChI=1S/C19H22N4O2/c1-14(2)8-9-22-18(24)16(12-15-6-4-3-5-7-15)23-19(25)17-13-20-10-11-21-17/h3-11,13-14,16H,12H2,1-2H3,(H,22,24)(H,23,25). The molecule has 6 heteroatoms. The quantitative estimate of drug-likeness (QED) is 0.810. The van der Waals surface area contributed by atoms with Crippen molar-refractivity contribution in [3.63, 3.8) is 0 Å². The second kappa shape index (κ2) is 9.32. The van der Waals surface area contributed by atoms with Crippen molar-refractivity contribution < 1.29 is 9.59 Å². The molecule has 2 amide bonds. The van der Waals surface area contributed by atoms with Gasteiger partial charge in [0.1, 0.15) is 11.7 Å². The molecule has 0 aliphatic rings. The molecule has 1 aromatic carbocycles. The molecule has 1 unspecified atom stereocenters.